The van der Waals surface area contributed by atoms with Gasteiger partial charge in [0.25, 0.3) is 0 Å². The normalized spacial score (nSPS) is 10.9. The smallest absolute Gasteiger partial charge is 0.548 e. The first-order chi connectivity index (χ1) is 9.07. The number of aliphatic carboxylic acids is 4. The molecule has 0 fully saturated rings. The minimum atomic E-state index is -1.42. The van der Waals surface area contributed by atoms with Gasteiger partial charge >= 0.3 is 71.1 Å². The second kappa shape index (κ2) is 19.8. The largest absolute Gasteiger partial charge is 1.00 e. The summed E-state index contributed by atoms with van der Waals surface area (Å²) >= 11 is 0. The number of rotatable bonds is 8. The van der Waals surface area contributed by atoms with Crippen LogP contribution in [0.4, 0.5) is 0 Å². The molecule has 0 spiro atoms. The molecule has 0 saturated carbocycles. The van der Waals surface area contributed by atoms with Gasteiger partial charge in [-0.3, -0.25) is 9.59 Å². The first-order valence-corrected chi connectivity index (χ1v) is 5.44. The summed E-state index contributed by atoms with van der Waals surface area (Å²) in [5.41, 5.74) is 9.88. The number of hydrogen-bond acceptors (Lipinski definition) is 8. The summed E-state index contributed by atoms with van der Waals surface area (Å²) in [5.74, 6) is -4.95. The topological polar surface area (TPSA) is 238 Å². The van der Waals surface area contributed by atoms with Gasteiger partial charge in [0.05, 0.1) is 11.9 Å². The Morgan fingerprint density at radius 1 is 0.783 bits per heavy atom. The summed E-state index contributed by atoms with van der Waals surface area (Å²) < 4.78 is 0. The van der Waals surface area contributed by atoms with E-state index in [-0.39, 0.29) is 90.3 Å². The van der Waals surface area contributed by atoms with Crippen molar-refractivity contribution in [3.8, 4) is 0 Å². The summed E-state index contributed by atoms with van der Waals surface area (Å²) in [5, 5.41) is 35.9. The first kappa shape index (κ1) is 34.2. The van der Waals surface area contributed by atoms with Crippen LogP contribution in [-0.2, 0) is 19.2 Å². The molecule has 13 heteroatoms. The molecule has 0 aliphatic carbocycles. The van der Waals surface area contributed by atoms with Gasteiger partial charge in [0.1, 0.15) is 0 Å². The fourth-order valence-electron chi connectivity index (χ4n) is 0.794. The maximum atomic E-state index is 9.88. The molecule has 2 atom stereocenters. The first-order valence-electron chi connectivity index (χ1n) is 5.44. The van der Waals surface area contributed by atoms with E-state index in [0.717, 1.165) is 0 Å². The van der Waals surface area contributed by atoms with Gasteiger partial charge in [-0.05, 0) is 12.8 Å². The van der Waals surface area contributed by atoms with Gasteiger partial charge < -0.3 is 47.0 Å². The third-order valence-electron chi connectivity index (χ3n) is 1.94. The van der Waals surface area contributed by atoms with E-state index >= 15 is 0 Å². The van der Waals surface area contributed by atoms with Crippen molar-refractivity contribution in [1.29, 1.82) is 0 Å². The Hall–Kier alpha value is -0.240. The maximum absolute atomic E-state index is 9.88. The molecule has 0 aliphatic heterocycles. The number of carboxylic acid groups (broad SMARTS) is 4. The van der Waals surface area contributed by atoms with Gasteiger partial charge in [0.2, 0.25) is 0 Å². The SMILES string of the molecule is N[C@@H](CCC(=O)O)C(=O)[O-].N[C@@H](CCC(=O)O)C(=O)[O-].O.[Na+].[Na+]. The Labute approximate surface area is 176 Å². The second-order valence-electron chi connectivity index (χ2n) is 3.72. The molecular formula is C10H18N2Na2O9. The predicted molar refractivity (Wildman–Crippen MR) is 63.3 cm³/mol. The Kier molecular flexibility index (Phi) is 29.4. The van der Waals surface area contributed by atoms with E-state index in [1.165, 1.54) is 0 Å². The van der Waals surface area contributed by atoms with Crippen LogP contribution < -0.4 is 80.8 Å². The Morgan fingerprint density at radius 3 is 1.13 bits per heavy atom. The second-order valence-corrected chi connectivity index (χ2v) is 3.72. The van der Waals surface area contributed by atoms with Crippen LogP contribution in [0, 0.1) is 0 Å². The number of nitrogens with two attached hydrogens (primary N) is 2. The van der Waals surface area contributed by atoms with E-state index in [0.29, 0.717) is 0 Å². The zero-order chi connectivity index (χ0) is 16.3. The van der Waals surface area contributed by atoms with Crippen molar-refractivity contribution in [1.82, 2.24) is 0 Å². The van der Waals surface area contributed by atoms with Crippen molar-refractivity contribution in [3.05, 3.63) is 0 Å². The van der Waals surface area contributed by atoms with E-state index in [4.69, 9.17) is 21.7 Å². The zero-order valence-corrected chi connectivity index (χ0v) is 17.0. The predicted octanol–water partition coefficient (Wildman–Crippen LogP) is -11.0. The van der Waals surface area contributed by atoms with Crippen LogP contribution in [0.1, 0.15) is 25.7 Å². The van der Waals surface area contributed by atoms with Crippen molar-refractivity contribution in [2.45, 2.75) is 37.8 Å². The van der Waals surface area contributed by atoms with Crippen molar-refractivity contribution in [2.24, 2.45) is 11.5 Å². The van der Waals surface area contributed by atoms with E-state index in [2.05, 4.69) is 0 Å². The van der Waals surface area contributed by atoms with Gasteiger partial charge in [-0.15, -0.1) is 0 Å². The molecule has 8 N–H and O–H groups in total. The van der Waals surface area contributed by atoms with E-state index in [9.17, 15) is 29.4 Å². The summed E-state index contributed by atoms with van der Waals surface area (Å²) in [6.45, 7) is 0. The number of carboxylic acids is 4. The van der Waals surface area contributed by atoms with Crippen LogP contribution in [0.15, 0.2) is 0 Å². The molecule has 0 heterocycles. The van der Waals surface area contributed by atoms with Gasteiger partial charge in [-0.2, -0.15) is 0 Å². The minimum absolute atomic E-state index is 0. The van der Waals surface area contributed by atoms with Crippen molar-refractivity contribution >= 4 is 23.9 Å². The van der Waals surface area contributed by atoms with Crippen molar-refractivity contribution < 1.29 is 104 Å². The molecule has 0 aromatic carbocycles. The summed E-state index contributed by atoms with van der Waals surface area (Å²) in [7, 11) is 0. The third-order valence-corrected chi connectivity index (χ3v) is 1.94. The van der Waals surface area contributed by atoms with Gasteiger partial charge in [0.15, 0.2) is 0 Å². The van der Waals surface area contributed by atoms with Crippen LogP contribution in [0.25, 0.3) is 0 Å². The monoisotopic (exact) mass is 356 g/mol. The number of hydrogen-bond donors (Lipinski definition) is 4. The van der Waals surface area contributed by atoms with E-state index in [1.54, 1.807) is 0 Å². The summed E-state index contributed by atoms with van der Waals surface area (Å²) in [4.78, 5) is 39.5. The Morgan fingerprint density at radius 2 is 1.00 bits per heavy atom. The van der Waals surface area contributed by atoms with Gasteiger partial charge in [-0.25, -0.2) is 0 Å². The van der Waals surface area contributed by atoms with Crippen LogP contribution >= 0.6 is 0 Å². The summed E-state index contributed by atoms with van der Waals surface area (Å²) in [6, 6.07) is -2.34. The fraction of sp³-hybridized carbons (Fsp3) is 0.600. The van der Waals surface area contributed by atoms with Crippen LogP contribution in [0.5, 0.6) is 0 Å². The fourth-order valence-corrected chi connectivity index (χ4v) is 0.794. The van der Waals surface area contributed by atoms with Crippen LogP contribution in [0.2, 0.25) is 0 Å². The molecule has 0 saturated heterocycles. The molecule has 0 aromatic heterocycles. The Balaban J connectivity index is -0.0000000831. The van der Waals surface area contributed by atoms with E-state index in [1.807, 2.05) is 0 Å². The average Bonchev–Trinajstić information content (AvgIpc) is 2.33. The summed E-state index contributed by atoms with van der Waals surface area (Å²) in [6.07, 6.45) is -0.653. The van der Waals surface area contributed by atoms with Crippen LogP contribution in [-0.4, -0.2) is 51.7 Å². The molecule has 0 rings (SSSR count). The molecule has 0 aliphatic rings. The Bertz CT molecular complexity index is 334. The molecule has 0 aromatic rings. The molecule has 0 unspecified atom stereocenters. The molecule has 11 nitrogen and oxygen atoms in total. The molecule has 0 amide bonds. The maximum Gasteiger partial charge on any atom is 1.00 e. The quantitative estimate of drug-likeness (QED) is 0.299. The third kappa shape index (κ3) is 26.9. The van der Waals surface area contributed by atoms with Gasteiger partial charge in [-0.1, -0.05) is 0 Å². The molecule has 0 bridgehead atoms. The number of carbonyl (C=O) groups is 4. The molecule has 23 heavy (non-hydrogen) atoms. The van der Waals surface area contributed by atoms with Gasteiger partial charge in [0, 0.05) is 24.9 Å². The average molecular weight is 356 g/mol. The number of carbonyl (C=O) groups excluding carboxylic acids is 2. The van der Waals surface area contributed by atoms with Crippen molar-refractivity contribution in [2.75, 3.05) is 0 Å². The standard InChI is InChI=1S/2C5H9NO4.2Na.H2O/c2*6-3(5(9)10)1-2-4(7)8;;;/h2*3H,1-2,6H2,(H,7,8)(H,9,10);;;1H2/q;;2*+1;/p-2/t2*3-;;;/m00.../s1. The molecule has 0 radical (unpaired) electrons. The molecule has 124 valence electrons. The van der Waals surface area contributed by atoms with E-state index < -0.39 is 36.0 Å². The van der Waals surface area contributed by atoms with Crippen LogP contribution in [0.3, 0.4) is 0 Å². The zero-order valence-electron chi connectivity index (χ0n) is 13.0. The molecular weight excluding hydrogens is 338 g/mol. The minimum Gasteiger partial charge on any atom is -0.548 e. The van der Waals surface area contributed by atoms with Crippen molar-refractivity contribution in [3.63, 3.8) is 0 Å².